The first-order valence-corrected chi connectivity index (χ1v) is 6.72. The van der Waals surface area contributed by atoms with Gasteiger partial charge in [0.05, 0.1) is 39.6 Å². The molecule has 4 heteroatoms. The highest BCUT2D eigenvalue weighted by Crippen LogP contribution is 2.27. The molecule has 19 heavy (non-hydrogen) atoms. The Morgan fingerprint density at radius 3 is 2.89 bits per heavy atom. The molecular formula is C15H20O4. The maximum Gasteiger partial charge on any atom is 0.119 e. The van der Waals surface area contributed by atoms with Gasteiger partial charge < -0.3 is 18.9 Å². The largest absolute Gasteiger partial charge is 0.493 e. The molecule has 0 aliphatic carbocycles. The Hall–Kier alpha value is -1.10. The van der Waals surface area contributed by atoms with Crippen molar-refractivity contribution >= 4 is 0 Å². The Balaban J connectivity index is 1.47. The Morgan fingerprint density at radius 2 is 2.21 bits per heavy atom. The van der Waals surface area contributed by atoms with E-state index in [1.54, 1.807) is 0 Å². The summed E-state index contributed by atoms with van der Waals surface area (Å²) in [5.74, 6) is 0.900. The first-order valence-electron chi connectivity index (χ1n) is 6.72. The molecule has 2 saturated heterocycles. The van der Waals surface area contributed by atoms with E-state index >= 15 is 0 Å². The van der Waals surface area contributed by atoms with Crippen LogP contribution < -0.4 is 4.74 Å². The molecule has 0 N–H and O–H groups in total. The molecule has 104 valence electrons. The highest BCUT2D eigenvalue weighted by Gasteiger charge is 2.34. The van der Waals surface area contributed by atoms with E-state index in [9.17, 15) is 0 Å². The van der Waals surface area contributed by atoms with E-state index in [1.807, 2.05) is 18.2 Å². The standard InChI is InChI=1S/C15H20O4/c1-15(9-17-10-15)11-19-13-4-2-3-12(5-13)6-16-7-14-8-18-14/h2-5,14H,6-11H2,1H3. The van der Waals surface area contributed by atoms with Crippen molar-refractivity contribution in [3.8, 4) is 5.75 Å². The van der Waals surface area contributed by atoms with E-state index in [4.69, 9.17) is 18.9 Å². The maximum absolute atomic E-state index is 5.83. The number of epoxide rings is 1. The fraction of sp³-hybridized carbons (Fsp3) is 0.600. The number of hydrogen-bond acceptors (Lipinski definition) is 4. The average Bonchev–Trinajstić information content (AvgIpc) is 3.19. The summed E-state index contributed by atoms with van der Waals surface area (Å²) in [5.41, 5.74) is 1.31. The Labute approximate surface area is 113 Å². The van der Waals surface area contributed by atoms with Gasteiger partial charge in [0.2, 0.25) is 0 Å². The van der Waals surface area contributed by atoms with Crippen LogP contribution in [0, 0.1) is 5.41 Å². The third-order valence-corrected chi connectivity index (χ3v) is 3.36. The molecule has 2 aliphatic heterocycles. The predicted molar refractivity (Wildman–Crippen MR) is 70.3 cm³/mol. The second-order valence-corrected chi connectivity index (χ2v) is 5.71. The molecule has 2 aliphatic rings. The zero-order chi connectivity index (χ0) is 13.1. The van der Waals surface area contributed by atoms with Gasteiger partial charge in [0.15, 0.2) is 0 Å². The lowest BCUT2D eigenvalue weighted by Crippen LogP contribution is -2.44. The average molecular weight is 264 g/mol. The number of benzene rings is 1. The molecule has 2 heterocycles. The van der Waals surface area contributed by atoms with Gasteiger partial charge in [-0.15, -0.1) is 0 Å². The molecule has 2 fully saturated rings. The normalized spacial score (nSPS) is 23.7. The number of ether oxygens (including phenoxy) is 4. The van der Waals surface area contributed by atoms with Crippen LogP contribution in [0.2, 0.25) is 0 Å². The fourth-order valence-corrected chi connectivity index (χ4v) is 1.99. The quantitative estimate of drug-likeness (QED) is 0.706. The van der Waals surface area contributed by atoms with Gasteiger partial charge in [-0.3, -0.25) is 0 Å². The minimum Gasteiger partial charge on any atom is -0.493 e. The van der Waals surface area contributed by atoms with Crippen molar-refractivity contribution < 1.29 is 18.9 Å². The van der Waals surface area contributed by atoms with Gasteiger partial charge in [0, 0.05) is 5.41 Å². The predicted octanol–water partition coefficient (Wildman–Crippen LogP) is 2.02. The van der Waals surface area contributed by atoms with Crippen molar-refractivity contribution in [2.75, 3.05) is 33.0 Å². The molecule has 1 aromatic rings. The van der Waals surface area contributed by atoms with Crippen LogP contribution in [0.1, 0.15) is 12.5 Å². The summed E-state index contributed by atoms with van der Waals surface area (Å²) in [6, 6.07) is 8.07. The zero-order valence-electron chi connectivity index (χ0n) is 11.3. The summed E-state index contributed by atoms with van der Waals surface area (Å²) < 4.78 is 21.7. The summed E-state index contributed by atoms with van der Waals surface area (Å²) in [6.07, 6.45) is 0.318. The van der Waals surface area contributed by atoms with Crippen molar-refractivity contribution in [3.63, 3.8) is 0 Å². The molecule has 0 bridgehead atoms. The number of hydrogen-bond donors (Lipinski definition) is 0. The lowest BCUT2D eigenvalue weighted by molar-refractivity contribution is -0.120. The molecule has 4 nitrogen and oxygen atoms in total. The second kappa shape index (κ2) is 5.49. The highest BCUT2D eigenvalue weighted by atomic mass is 16.6. The fourth-order valence-electron chi connectivity index (χ4n) is 1.99. The minimum atomic E-state index is 0.176. The van der Waals surface area contributed by atoms with Crippen LogP contribution in [-0.2, 0) is 20.8 Å². The van der Waals surface area contributed by atoms with Gasteiger partial charge in [-0.25, -0.2) is 0 Å². The van der Waals surface area contributed by atoms with Crippen molar-refractivity contribution in [3.05, 3.63) is 29.8 Å². The van der Waals surface area contributed by atoms with E-state index in [0.29, 0.717) is 25.9 Å². The summed E-state index contributed by atoms with van der Waals surface area (Å²) in [7, 11) is 0. The van der Waals surface area contributed by atoms with E-state index < -0.39 is 0 Å². The van der Waals surface area contributed by atoms with Crippen LogP contribution in [0.15, 0.2) is 24.3 Å². The first-order chi connectivity index (χ1) is 9.23. The molecule has 0 radical (unpaired) electrons. The van der Waals surface area contributed by atoms with Crippen molar-refractivity contribution in [1.29, 1.82) is 0 Å². The van der Waals surface area contributed by atoms with Gasteiger partial charge in [0.25, 0.3) is 0 Å². The van der Waals surface area contributed by atoms with Crippen LogP contribution in [0.25, 0.3) is 0 Å². The molecule has 1 unspecified atom stereocenters. The summed E-state index contributed by atoms with van der Waals surface area (Å²) >= 11 is 0. The van der Waals surface area contributed by atoms with Crippen LogP contribution in [0.4, 0.5) is 0 Å². The smallest absolute Gasteiger partial charge is 0.119 e. The van der Waals surface area contributed by atoms with Crippen molar-refractivity contribution in [2.45, 2.75) is 19.6 Å². The Bertz CT molecular complexity index is 424. The molecular weight excluding hydrogens is 244 g/mol. The van der Waals surface area contributed by atoms with Crippen molar-refractivity contribution in [1.82, 2.24) is 0 Å². The van der Waals surface area contributed by atoms with Crippen LogP contribution in [-0.4, -0.2) is 39.1 Å². The monoisotopic (exact) mass is 264 g/mol. The molecule has 1 atom stereocenters. The second-order valence-electron chi connectivity index (χ2n) is 5.71. The number of rotatable bonds is 7. The zero-order valence-corrected chi connectivity index (χ0v) is 11.3. The van der Waals surface area contributed by atoms with E-state index in [-0.39, 0.29) is 5.41 Å². The highest BCUT2D eigenvalue weighted by molar-refractivity contribution is 5.28. The SMILES string of the molecule is CC1(COc2cccc(COCC3CO3)c2)COC1. The van der Waals surface area contributed by atoms with E-state index in [0.717, 1.165) is 31.1 Å². The van der Waals surface area contributed by atoms with E-state index in [2.05, 4.69) is 13.0 Å². The Kier molecular flexibility index (Phi) is 3.73. The summed E-state index contributed by atoms with van der Waals surface area (Å²) in [5, 5.41) is 0. The lowest BCUT2D eigenvalue weighted by atomic mass is 9.90. The van der Waals surface area contributed by atoms with Gasteiger partial charge in [-0.05, 0) is 17.7 Å². The van der Waals surface area contributed by atoms with Gasteiger partial charge in [0.1, 0.15) is 11.9 Å². The molecule has 3 rings (SSSR count). The van der Waals surface area contributed by atoms with Crippen LogP contribution in [0.5, 0.6) is 5.75 Å². The first kappa shape index (κ1) is 12.9. The summed E-state index contributed by atoms with van der Waals surface area (Å²) in [4.78, 5) is 0. The molecule has 1 aromatic carbocycles. The molecule has 0 spiro atoms. The van der Waals surface area contributed by atoms with Crippen LogP contribution in [0.3, 0.4) is 0 Å². The lowest BCUT2D eigenvalue weighted by Gasteiger charge is -2.37. The minimum absolute atomic E-state index is 0.176. The molecule has 0 aromatic heterocycles. The van der Waals surface area contributed by atoms with E-state index in [1.165, 1.54) is 0 Å². The van der Waals surface area contributed by atoms with Gasteiger partial charge in [-0.2, -0.15) is 0 Å². The van der Waals surface area contributed by atoms with Crippen molar-refractivity contribution in [2.24, 2.45) is 5.41 Å². The molecule has 0 saturated carbocycles. The topological polar surface area (TPSA) is 40.2 Å². The molecule has 0 amide bonds. The van der Waals surface area contributed by atoms with Crippen LogP contribution >= 0.6 is 0 Å². The third kappa shape index (κ3) is 3.69. The van der Waals surface area contributed by atoms with Gasteiger partial charge in [-0.1, -0.05) is 19.1 Å². The van der Waals surface area contributed by atoms with Gasteiger partial charge >= 0.3 is 0 Å². The summed E-state index contributed by atoms with van der Waals surface area (Å²) in [6.45, 7) is 6.59. The Morgan fingerprint density at radius 1 is 1.37 bits per heavy atom. The maximum atomic E-state index is 5.83. The third-order valence-electron chi connectivity index (χ3n) is 3.36.